The van der Waals surface area contributed by atoms with E-state index in [4.69, 9.17) is 19.7 Å². The number of pyridine rings is 1. The zero-order chi connectivity index (χ0) is 29.9. The van der Waals surface area contributed by atoms with Gasteiger partial charge in [-0.25, -0.2) is 17.8 Å². The van der Waals surface area contributed by atoms with Gasteiger partial charge in [-0.15, -0.1) is 0 Å². The van der Waals surface area contributed by atoms with Crippen molar-refractivity contribution in [3.8, 4) is 0 Å². The minimum Gasteiger partial charge on any atom is -0.481 e. The van der Waals surface area contributed by atoms with Crippen molar-refractivity contribution in [2.75, 3.05) is 39.0 Å². The summed E-state index contributed by atoms with van der Waals surface area (Å²) in [4.78, 5) is 27.0. The van der Waals surface area contributed by atoms with Crippen LogP contribution in [0.2, 0.25) is 0 Å². The van der Waals surface area contributed by atoms with Crippen LogP contribution in [0.5, 0.6) is 0 Å². The van der Waals surface area contributed by atoms with Crippen LogP contribution in [0.15, 0.2) is 35.5 Å². The molecule has 1 aromatic carbocycles. The smallest absolute Gasteiger partial charge is 0.320 e. The molecular weight excluding hydrogens is 555 g/mol. The van der Waals surface area contributed by atoms with Crippen molar-refractivity contribution in [2.45, 2.75) is 56.7 Å². The number of likely N-dealkylation sites (N-methyl/N-ethyl adjacent to an activating group) is 1. The van der Waals surface area contributed by atoms with E-state index < -0.39 is 16.0 Å². The average Bonchev–Trinajstić information content (AvgIpc) is 3.68. The molecule has 2 fully saturated rings. The maximum absolute atomic E-state index is 13.8. The first kappa shape index (κ1) is 30.3. The molecule has 5 rings (SSSR count). The third-order valence-electron chi connectivity index (χ3n) is 6.63. The van der Waals surface area contributed by atoms with Crippen LogP contribution in [0.4, 0.5) is 15.9 Å². The number of esters is 1. The number of rotatable bonds is 8. The largest absolute Gasteiger partial charge is 0.481 e. The maximum atomic E-state index is 13.8. The van der Waals surface area contributed by atoms with Gasteiger partial charge in [-0.1, -0.05) is 0 Å². The van der Waals surface area contributed by atoms with Crippen LogP contribution < -0.4 is 5.32 Å². The summed E-state index contributed by atoms with van der Waals surface area (Å²) in [5.41, 5.74) is 1.90. The number of hydrogen-bond donors (Lipinski definition) is 2. The Morgan fingerprint density at radius 2 is 1.83 bits per heavy atom. The van der Waals surface area contributed by atoms with Gasteiger partial charge in [0.2, 0.25) is 0 Å². The van der Waals surface area contributed by atoms with Gasteiger partial charge in [0, 0.05) is 31.1 Å². The summed E-state index contributed by atoms with van der Waals surface area (Å²) in [5, 5.41) is 15.9. The van der Waals surface area contributed by atoms with Gasteiger partial charge in [-0.2, -0.15) is 9.40 Å². The SMILES string of the molecule is CC(=O)O.Cc1cc(Nc2nn(C3CC3)c3cnc(S(=O)(=O)N4CCC(OC(=O)CN(C)C)CC4)cc23)ccc1F. The normalized spacial score (nSPS) is 16.3. The van der Waals surface area contributed by atoms with Crippen LogP contribution in [0.3, 0.4) is 0 Å². The fourth-order valence-corrected chi connectivity index (χ4v) is 5.92. The van der Waals surface area contributed by atoms with E-state index in [0.717, 1.165) is 25.3 Å². The first-order valence-corrected chi connectivity index (χ1v) is 14.7. The number of anilines is 2. The third kappa shape index (κ3) is 7.57. The zero-order valence-corrected chi connectivity index (χ0v) is 24.3. The standard InChI is InChI=1S/C25H31FN6O4S.C2H4O2/c1-16-12-17(4-7-21(16)26)28-25-20-13-23(27-14-22(20)32(29-25)18-5-6-18)37(34,35)31-10-8-19(9-11-31)36-24(33)15-30(2)3;1-2(3)4/h4,7,12-14,18-19H,5-6,8-11,15H2,1-3H3,(H,28,29);1H3,(H,3,4). The number of ether oxygens (including phenoxy) is 1. The number of aryl methyl sites for hydroxylation is 1. The van der Waals surface area contributed by atoms with Crippen molar-refractivity contribution in [3.05, 3.63) is 41.8 Å². The topological polar surface area (TPSA) is 147 Å². The molecule has 1 saturated heterocycles. The Labute approximate surface area is 238 Å². The highest BCUT2D eigenvalue weighted by Gasteiger charge is 2.33. The van der Waals surface area contributed by atoms with E-state index in [9.17, 15) is 17.6 Å². The second-order valence-electron chi connectivity index (χ2n) is 10.5. The van der Waals surface area contributed by atoms with Crippen LogP contribution in [0.25, 0.3) is 10.9 Å². The molecule has 222 valence electrons. The zero-order valence-electron chi connectivity index (χ0n) is 23.5. The van der Waals surface area contributed by atoms with Crippen LogP contribution >= 0.6 is 0 Å². The fourth-order valence-electron chi connectivity index (χ4n) is 4.51. The lowest BCUT2D eigenvalue weighted by atomic mass is 10.1. The van der Waals surface area contributed by atoms with Gasteiger partial charge >= 0.3 is 5.97 Å². The van der Waals surface area contributed by atoms with Gasteiger partial charge in [-0.3, -0.25) is 19.2 Å². The van der Waals surface area contributed by atoms with Gasteiger partial charge < -0.3 is 15.2 Å². The Bertz CT molecular complexity index is 1530. The Morgan fingerprint density at radius 1 is 1.17 bits per heavy atom. The maximum Gasteiger partial charge on any atom is 0.320 e. The first-order chi connectivity index (χ1) is 19.3. The van der Waals surface area contributed by atoms with E-state index in [2.05, 4.69) is 10.3 Å². The fraction of sp³-hybridized carbons (Fsp3) is 0.481. The Hall–Kier alpha value is -3.62. The van der Waals surface area contributed by atoms with E-state index in [0.29, 0.717) is 35.3 Å². The molecular formula is C27H35FN6O6S. The molecule has 2 aliphatic rings. The summed E-state index contributed by atoms with van der Waals surface area (Å²) < 4.78 is 49.4. The highest BCUT2D eigenvalue weighted by molar-refractivity contribution is 7.89. The lowest BCUT2D eigenvalue weighted by Gasteiger charge is -2.30. The monoisotopic (exact) mass is 590 g/mol. The molecule has 14 heteroatoms. The predicted octanol–water partition coefficient (Wildman–Crippen LogP) is 3.31. The minimum atomic E-state index is -3.86. The van der Waals surface area contributed by atoms with Crippen molar-refractivity contribution < 1.29 is 32.2 Å². The number of aromatic nitrogens is 3. The van der Waals surface area contributed by atoms with Crippen LogP contribution in [0.1, 0.15) is 44.2 Å². The van der Waals surface area contributed by atoms with E-state index in [1.54, 1.807) is 50.3 Å². The predicted molar refractivity (Wildman–Crippen MR) is 150 cm³/mol. The summed E-state index contributed by atoms with van der Waals surface area (Å²) in [7, 11) is -0.287. The number of carboxylic acid groups (broad SMARTS) is 1. The van der Waals surface area contributed by atoms with Crippen LogP contribution in [0, 0.1) is 12.7 Å². The number of benzene rings is 1. The van der Waals surface area contributed by atoms with E-state index in [-0.39, 0.29) is 48.6 Å². The molecule has 1 saturated carbocycles. The molecule has 12 nitrogen and oxygen atoms in total. The molecule has 2 N–H and O–H groups in total. The van der Waals surface area contributed by atoms with Crippen molar-refractivity contribution in [3.63, 3.8) is 0 Å². The summed E-state index contributed by atoms with van der Waals surface area (Å²) in [5.74, 6) is -0.950. The van der Waals surface area contributed by atoms with Gasteiger partial charge in [0.15, 0.2) is 10.8 Å². The van der Waals surface area contributed by atoms with E-state index in [1.165, 1.54) is 10.4 Å². The van der Waals surface area contributed by atoms with Gasteiger partial charge in [0.1, 0.15) is 11.9 Å². The Morgan fingerprint density at radius 3 is 2.41 bits per heavy atom. The molecule has 3 aromatic rings. The molecule has 41 heavy (non-hydrogen) atoms. The molecule has 0 spiro atoms. The number of piperidine rings is 1. The molecule has 0 unspecified atom stereocenters. The molecule has 0 bridgehead atoms. The molecule has 1 aliphatic heterocycles. The molecule has 0 amide bonds. The van der Waals surface area contributed by atoms with Gasteiger partial charge in [0.25, 0.3) is 16.0 Å². The van der Waals surface area contributed by atoms with Crippen LogP contribution in [-0.4, -0.2) is 89.3 Å². The van der Waals surface area contributed by atoms with Crippen molar-refractivity contribution in [1.29, 1.82) is 0 Å². The number of nitrogens with zero attached hydrogens (tertiary/aromatic N) is 5. The second-order valence-corrected chi connectivity index (χ2v) is 12.4. The lowest BCUT2D eigenvalue weighted by Crippen LogP contribution is -2.42. The molecule has 2 aromatic heterocycles. The van der Waals surface area contributed by atoms with Gasteiger partial charge in [-0.05, 0) is 76.5 Å². The number of nitrogens with one attached hydrogen (secondary N) is 1. The molecule has 0 radical (unpaired) electrons. The number of carbonyl (C=O) groups is 2. The van der Waals surface area contributed by atoms with Crippen molar-refractivity contribution in [2.24, 2.45) is 0 Å². The molecule has 1 aliphatic carbocycles. The number of fused-ring (bicyclic) bond motifs is 1. The highest BCUT2D eigenvalue weighted by Crippen LogP contribution is 2.39. The summed E-state index contributed by atoms with van der Waals surface area (Å²) >= 11 is 0. The number of carboxylic acids is 1. The summed E-state index contributed by atoms with van der Waals surface area (Å²) in [6, 6.07) is 6.51. The quantitative estimate of drug-likeness (QED) is 0.375. The Kier molecular flexibility index (Phi) is 9.24. The highest BCUT2D eigenvalue weighted by atomic mass is 32.2. The van der Waals surface area contributed by atoms with Gasteiger partial charge in [0.05, 0.1) is 24.3 Å². The number of aliphatic carboxylic acids is 1. The average molecular weight is 591 g/mol. The second kappa shape index (κ2) is 12.5. The van der Waals surface area contributed by atoms with Crippen molar-refractivity contribution in [1.82, 2.24) is 24.0 Å². The number of hydrogen-bond acceptors (Lipinski definition) is 9. The number of carbonyl (C=O) groups excluding carboxylic acids is 1. The van der Waals surface area contributed by atoms with Crippen molar-refractivity contribution >= 4 is 44.4 Å². The van der Waals surface area contributed by atoms with Crippen LogP contribution in [-0.2, 0) is 24.3 Å². The lowest BCUT2D eigenvalue weighted by molar-refractivity contribution is -0.151. The summed E-state index contributed by atoms with van der Waals surface area (Å²) in [6.07, 6.45) is 4.11. The number of halogens is 1. The summed E-state index contributed by atoms with van der Waals surface area (Å²) in [6.45, 7) is 3.43. The minimum absolute atomic E-state index is 0.0586. The molecule has 0 atom stereocenters. The first-order valence-electron chi connectivity index (χ1n) is 13.3. The Balaban J connectivity index is 0.000000909. The third-order valence-corrected chi connectivity index (χ3v) is 8.43. The number of sulfonamides is 1. The van der Waals surface area contributed by atoms with E-state index in [1.807, 2.05) is 4.68 Å². The van der Waals surface area contributed by atoms with E-state index >= 15 is 0 Å². The molecule has 3 heterocycles.